The third kappa shape index (κ3) is 4.13. The zero-order valence-corrected chi connectivity index (χ0v) is 13.2. The molecule has 0 aliphatic rings. The van der Waals surface area contributed by atoms with E-state index in [0.29, 0.717) is 0 Å². The van der Waals surface area contributed by atoms with Gasteiger partial charge in [-0.25, -0.2) is 4.39 Å². The predicted octanol–water partition coefficient (Wildman–Crippen LogP) is 4.93. The molecule has 0 amide bonds. The van der Waals surface area contributed by atoms with Crippen LogP contribution in [0.5, 0.6) is 0 Å². The van der Waals surface area contributed by atoms with Crippen molar-refractivity contribution in [2.24, 2.45) is 0 Å². The van der Waals surface area contributed by atoms with Gasteiger partial charge in [0.05, 0.1) is 0 Å². The Hall–Kier alpha value is -0.710. The molecule has 1 unspecified atom stereocenters. The van der Waals surface area contributed by atoms with Crippen LogP contribution >= 0.6 is 27.3 Å². The summed E-state index contributed by atoms with van der Waals surface area (Å²) in [6, 6.07) is 9.12. The molecule has 1 aromatic carbocycles. The summed E-state index contributed by atoms with van der Waals surface area (Å²) in [5.74, 6) is -0.181. The Balaban J connectivity index is 2.14. The van der Waals surface area contributed by atoms with Gasteiger partial charge in [-0.15, -0.1) is 11.3 Å². The highest BCUT2D eigenvalue weighted by Gasteiger charge is 2.15. The number of hydrogen-bond donors (Lipinski definition) is 1. The van der Waals surface area contributed by atoms with Gasteiger partial charge >= 0.3 is 0 Å². The van der Waals surface area contributed by atoms with Crippen molar-refractivity contribution < 1.29 is 4.39 Å². The van der Waals surface area contributed by atoms with E-state index in [2.05, 4.69) is 39.6 Å². The van der Waals surface area contributed by atoms with Crippen LogP contribution in [0.3, 0.4) is 0 Å². The van der Waals surface area contributed by atoms with Crippen LogP contribution in [0.2, 0.25) is 0 Å². The zero-order valence-electron chi connectivity index (χ0n) is 10.8. The minimum atomic E-state index is -0.181. The summed E-state index contributed by atoms with van der Waals surface area (Å²) in [5, 5.41) is 5.65. The first-order chi connectivity index (χ1) is 9.20. The summed E-state index contributed by atoms with van der Waals surface area (Å²) in [4.78, 5) is 1.30. The molecule has 1 heterocycles. The molecule has 102 valence electrons. The van der Waals surface area contributed by atoms with Gasteiger partial charge in [-0.1, -0.05) is 19.1 Å². The summed E-state index contributed by atoms with van der Waals surface area (Å²) in [5.41, 5.74) is 1.15. The highest BCUT2D eigenvalue weighted by Crippen LogP contribution is 2.31. The maximum absolute atomic E-state index is 12.9. The van der Waals surface area contributed by atoms with Gasteiger partial charge in [0.1, 0.15) is 5.82 Å². The van der Waals surface area contributed by atoms with E-state index in [0.717, 1.165) is 29.4 Å². The van der Waals surface area contributed by atoms with Crippen molar-refractivity contribution in [1.29, 1.82) is 0 Å². The lowest BCUT2D eigenvalue weighted by Gasteiger charge is -2.18. The van der Waals surface area contributed by atoms with Crippen molar-refractivity contribution >= 4 is 27.3 Å². The van der Waals surface area contributed by atoms with Gasteiger partial charge in [0.15, 0.2) is 0 Å². The molecular weight excluding hydrogens is 325 g/mol. The van der Waals surface area contributed by atoms with Crippen molar-refractivity contribution in [3.63, 3.8) is 0 Å². The first kappa shape index (κ1) is 14.7. The van der Waals surface area contributed by atoms with Crippen molar-refractivity contribution in [3.05, 3.63) is 56.4 Å². The van der Waals surface area contributed by atoms with Crippen molar-refractivity contribution in [1.82, 2.24) is 5.32 Å². The third-order valence-corrected chi connectivity index (χ3v) is 4.94. The van der Waals surface area contributed by atoms with E-state index < -0.39 is 0 Å². The van der Waals surface area contributed by atoms with Crippen molar-refractivity contribution in [3.8, 4) is 0 Å². The van der Waals surface area contributed by atoms with Crippen LogP contribution in [0, 0.1) is 5.82 Å². The molecule has 0 radical (unpaired) electrons. The fourth-order valence-electron chi connectivity index (χ4n) is 1.99. The number of benzene rings is 1. The lowest BCUT2D eigenvalue weighted by atomic mass is 10.0. The van der Waals surface area contributed by atoms with Crippen LogP contribution in [0.15, 0.2) is 40.2 Å². The third-order valence-electron chi connectivity index (χ3n) is 2.96. The molecule has 0 saturated heterocycles. The zero-order chi connectivity index (χ0) is 13.7. The maximum Gasteiger partial charge on any atom is 0.123 e. The molecule has 4 heteroatoms. The van der Waals surface area contributed by atoms with Crippen LogP contribution in [0.1, 0.15) is 29.8 Å². The van der Waals surface area contributed by atoms with Crippen LogP contribution in [0.25, 0.3) is 0 Å². The summed E-state index contributed by atoms with van der Waals surface area (Å²) in [6.07, 6.45) is 1.97. The molecule has 0 saturated carbocycles. The average molecular weight is 342 g/mol. The molecule has 2 rings (SSSR count). The monoisotopic (exact) mass is 341 g/mol. The minimum Gasteiger partial charge on any atom is -0.309 e. The topological polar surface area (TPSA) is 12.0 Å². The molecule has 1 N–H and O–H groups in total. The first-order valence-electron chi connectivity index (χ1n) is 6.41. The van der Waals surface area contributed by atoms with Crippen molar-refractivity contribution in [2.75, 3.05) is 6.54 Å². The lowest BCUT2D eigenvalue weighted by molar-refractivity contribution is 0.534. The Labute approximate surface area is 126 Å². The molecule has 0 fully saturated rings. The van der Waals surface area contributed by atoms with Gasteiger partial charge in [0, 0.05) is 15.4 Å². The van der Waals surface area contributed by atoms with E-state index >= 15 is 0 Å². The standard InChI is InChI=1S/C15H17BrFNS/c1-2-8-18-14(15-13(16)7-9-19-15)10-11-3-5-12(17)6-4-11/h3-7,9,14,18H,2,8,10H2,1H3. The second-order valence-electron chi connectivity index (χ2n) is 4.47. The van der Waals surface area contributed by atoms with E-state index in [1.165, 1.54) is 17.0 Å². The van der Waals surface area contributed by atoms with Crippen LogP contribution in [-0.4, -0.2) is 6.54 Å². The molecule has 2 aromatic rings. The second kappa shape index (κ2) is 7.17. The SMILES string of the molecule is CCCNC(Cc1ccc(F)cc1)c1sccc1Br. The van der Waals surface area contributed by atoms with Crippen molar-refractivity contribution in [2.45, 2.75) is 25.8 Å². The summed E-state index contributed by atoms with van der Waals surface area (Å²) in [6.45, 7) is 3.14. The molecule has 1 atom stereocenters. The molecule has 0 spiro atoms. The largest absolute Gasteiger partial charge is 0.309 e. The molecule has 0 aliphatic heterocycles. The molecule has 1 nitrogen and oxygen atoms in total. The van der Waals surface area contributed by atoms with Crippen LogP contribution in [-0.2, 0) is 6.42 Å². The Bertz CT molecular complexity index is 509. The summed E-state index contributed by atoms with van der Waals surface area (Å²) in [7, 11) is 0. The van der Waals surface area contributed by atoms with E-state index in [1.54, 1.807) is 11.3 Å². The first-order valence-corrected chi connectivity index (χ1v) is 8.08. The average Bonchev–Trinajstić information content (AvgIpc) is 2.83. The van der Waals surface area contributed by atoms with Gasteiger partial charge in [-0.3, -0.25) is 0 Å². The van der Waals surface area contributed by atoms with Gasteiger partial charge in [-0.05, 0) is 64.5 Å². The molecule has 1 aromatic heterocycles. The van der Waals surface area contributed by atoms with Gasteiger partial charge in [-0.2, -0.15) is 0 Å². The fourth-order valence-corrected chi connectivity index (χ4v) is 3.71. The number of halogens is 2. The molecule has 0 aliphatic carbocycles. The normalized spacial score (nSPS) is 12.6. The van der Waals surface area contributed by atoms with Crippen LogP contribution in [0.4, 0.5) is 4.39 Å². The Morgan fingerprint density at radius 2 is 2.00 bits per heavy atom. The van der Waals surface area contributed by atoms with E-state index in [9.17, 15) is 4.39 Å². The highest BCUT2D eigenvalue weighted by atomic mass is 79.9. The molecule has 19 heavy (non-hydrogen) atoms. The molecular formula is C15H17BrFNS. The number of rotatable bonds is 6. The number of nitrogens with one attached hydrogen (secondary N) is 1. The van der Waals surface area contributed by atoms with Crippen LogP contribution < -0.4 is 5.32 Å². The van der Waals surface area contributed by atoms with E-state index in [4.69, 9.17) is 0 Å². The Morgan fingerprint density at radius 3 is 2.58 bits per heavy atom. The van der Waals surface area contributed by atoms with E-state index in [1.807, 2.05) is 12.1 Å². The van der Waals surface area contributed by atoms with Gasteiger partial charge in [0.25, 0.3) is 0 Å². The fraction of sp³-hybridized carbons (Fsp3) is 0.333. The van der Waals surface area contributed by atoms with E-state index in [-0.39, 0.29) is 11.9 Å². The Kier molecular flexibility index (Phi) is 5.55. The number of thiophene rings is 1. The van der Waals surface area contributed by atoms with Gasteiger partial charge < -0.3 is 5.32 Å². The quantitative estimate of drug-likeness (QED) is 0.785. The predicted molar refractivity (Wildman–Crippen MR) is 83.2 cm³/mol. The summed E-state index contributed by atoms with van der Waals surface area (Å²) >= 11 is 5.34. The van der Waals surface area contributed by atoms with Gasteiger partial charge in [0.2, 0.25) is 0 Å². The Morgan fingerprint density at radius 1 is 1.26 bits per heavy atom. The molecule has 0 bridgehead atoms. The smallest absolute Gasteiger partial charge is 0.123 e. The number of hydrogen-bond acceptors (Lipinski definition) is 2. The summed E-state index contributed by atoms with van der Waals surface area (Å²) < 4.78 is 14.1. The second-order valence-corrected chi connectivity index (χ2v) is 6.27. The maximum atomic E-state index is 12.9. The minimum absolute atomic E-state index is 0.181. The lowest BCUT2D eigenvalue weighted by Crippen LogP contribution is -2.23. The highest BCUT2D eigenvalue weighted by molar-refractivity contribution is 9.10.